The molecule has 1 aliphatic heterocycles. The molecule has 0 bridgehead atoms. The fraction of sp³-hybridized carbons (Fsp3) is 0.158. The molecule has 0 saturated carbocycles. The molecule has 0 aromatic heterocycles. The normalized spacial score (nSPS) is 16.5. The van der Waals surface area contributed by atoms with Gasteiger partial charge in [0.05, 0.1) is 11.3 Å². The number of carbonyl (C=O) groups is 4. The van der Waals surface area contributed by atoms with Gasteiger partial charge in [-0.2, -0.15) is 0 Å². The Morgan fingerprint density at radius 1 is 1.15 bits per heavy atom. The number of benzene rings is 2. The highest BCUT2D eigenvalue weighted by atomic mass is 32.2. The van der Waals surface area contributed by atoms with E-state index in [2.05, 4.69) is 5.32 Å². The maximum Gasteiger partial charge on any atom is 0.335 e. The monoisotopic (exact) mass is 384 g/mol. The van der Waals surface area contributed by atoms with Crippen molar-refractivity contribution in [3.8, 4) is 0 Å². The number of thioether (sulfide) groups is 1. The molecule has 8 heteroatoms. The Morgan fingerprint density at radius 2 is 1.85 bits per heavy atom. The van der Waals surface area contributed by atoms with Crippen molar-refractivity contribution in [2.24, 2.45) is 0 Å². The van der Waals surface area contributed by atoms with Gasteiger partial charge in [0.2, 0.25) is 11.8 Å². The van der Waals surface area contributed by atoms with Gasteiger partial charge in [0.15, 0.2) is 0 Å². The lowest BCUT2D eigenvalue weighted by molar-refractivity contribution is -0.121. The number of rotatable bonds is 5. The smallest absolute Gasteiger partial charge is 0.335 e. The molecule has 0 spiro atoms. The van der Waals surface area contributed by atoms with Gasteiger partial charge in [-0.15, -0.1) is 0 Å². The maximum atomic E-state index is 12.5. The summed E-state index contributed by atoms with van der Waals surface area (Å²) in [6.45, 7) is 1.73. The fourth-order valence-electron chi connectivity index (χ4n) is 2.66. The Morgan fingerprint density at radius 3 is 2.52 bits per heavy atom. The Labute approximate surface area is 159 Å². The summed E-state index contributed by atoms with van der Waals surface area (Å²) in [5, 5.41) is 10.4. The second-order valence-electron chi connectivity index (χ2n) is 5.97. The van der Waals surface area contributed by atoms with Gasteiger partial charge in [-0.05, 0) is 48.5 Å². The van der Waals surface area contributed by atoms with E-state index in [0.717, 1.165) is 16.7 Å². The van der Waals surface area contributed by atoms with Gasteiger partial charge in [0.25, 0.3) is 5.24 Å². The first-order valence-corrected chi connectivity index (χ1v) is 8.98. The molecule has 3 rings (SSSR count). The number of nitrogens with zero attached hydrogens (tertiary/aromatic N) is 1. The van der Waals surface area contributed by atoms with Crippen LogP contribution in [0.4, 0.5) is 16.2 Å². The van der Waals surface area contributed by atoms with Gasteiger partial charge in [-0.1, -0.05) is 24.3 Å². The van der Waals surface area contributed by atoms with E-state index in [4.69, 9.17) is 5.11 Å². The van der Waals surface area contributed by atoms with Crippen LogP contribution in [0.1, 0.15) is 22.3 Å². The summed E-state index contributed by atoms with van der Waals surface area (Å²) in [5.74, 6) is -2.01. The van der Waals surface area contributed by atoms with Gasteiger partial charge in [0, 0.05) is 12.1 Å². The summed E-state index contributed by atoms with van der Waals surface area (Å²) in [6.07, 6.45) is -0.185. The van der Waals surface area contributed by atoms with E-state index in [1.54, 1.807) is 43.3 Å². The first-order chi connectivity index (χ1) is 12.9. The zero-order valence-corrected chi connectivity index (χ0v) is 15.2. The number of imide groups is 1. The van der Waals surface area contributed by atoms with E-state index in [1.165, 1.54) is 12.1 Å². The first kappa shape index (κ1) is 18.7. The van der Waals surface area contributed by atoms with E-state index in [0.29, 0.717) is 16.9 Å². The van der Waals surface area contributed by atoms with Crippen LogP contribution in [0.2, 0.25) is 0 Å². The summed E-state index contributed by atoms with van der Waals surface area (Å²) >= 11 is 0.810. The van der Waals surface area contributed by atoms with E-state index < -0.39 is 28.3 Å². The molecule has 1 heterocycles. The average Bonchev–Trinajstić information content (AvgIpc) is 2.90. The van der Waals surface area contributed by atoms with Crippen molar-refractivity contribution >= 4 is 46.2 Å². The summed E-state index contributed by atoms with van der Waals surface area (Å²) in [7, 11) is 0. The molecule has 7 nitrogen and oxygen atoms in total. The van der Waals surface area contributed by atoms with Crippen LogP contribution in [-0.2, 0) is 9.59 Å². The number of carbonyl (C=O) groups excluding carboxylic acids is 3. The number of carboxylic acid groups (broad SMARTS) is 1. The van der Waals surface area contributed by atoms with Crippen molar-refractivity contribution in [3.63, 3.8) is 0 Å². The molecule has 0 aliphatic carbocycles. The predicted molar refractivity (Wildman–Crippen MR) is 102 cm³/mol. The lowest BCUT2D eigenvalue weighted by Gasteiger charge is -2.14. The second kappa shape index (κ2) is 7.63. The Bertz CT molecular complexity index is 929. The van der Waals surface area contributed by atoms with Crippen molar-refractivity contribution in [1.29, 1.82) is 0 Å². The molecule has 1 aliphatic rings. The minimum Gasteiger partial charge on any atom is -0.478 e. The van der Waals surface area contributed by atoms with Gasteiger partial charge in [-0.25, -0.2) is 9.69 Å². The molecule has 1 atom stereocenters. The molecule has 138 valence electrons. The SMILES string of the molecule is Cc1ccc(C(=O)O)cc1NC(=O)CC1SC(=O)N(c2ccccc2)C1=O. The molecule has 2 aromatic carbocycles. The zero-order chi connectivity index (χ0) is 19.6. The Balaban J connectivity index is 1.70. The van der Waals surface area contributed by atoms with Crippen molar-refractivity contribution in [1.82, 2.24) is 0 Å². The molecule has 27 heavy (non-hydrogen) atoms. The number of carboxylic acids is 1. The van der Waals surface area contributed by atoms with E-state index in [-0.39, 0.29) is 12.0 Å². The molecule has 3 amide bonds. The zero-order valence-electron chi connectivity index (χ0n) is 14.3. The number of nitrogens with one attached hydrogen (secondary N) is 1. The summed E-state index contributed by atoms with van der Waals surface area (Å²) < 4.78 is 0. The van der Waals surface area contributed by atoms with Gasteiger partial charge in [-0.3, -0.25) is 14.4 Å². The third kappa shape index (κ3) is 4.01. The molecular weight excluding hydrogens is 368 g/mol. The van der Waals surface area contributed by atoms with E-state index in [9.17, 15) is 19.2 Å². The minimum absolute atomic E-state index is 0.0487. The number of aromatic carboxylic acids is 1. The Hall–Kier alpha value is -3.13. The number of anilines is 2. The third-order valence-corrected chi connectivity index (χ3v) is 5.10. The van der Waals surface area contributed by atoms with Crippen LogP contribution in [0.15, 0.2) is 48.5 Å². The largest absolute Gasteiger partial charge is 0.478 e. The van der Waals surface area contributed by atoms with Crippen molar-refractivity contribution < 1.29 is 24.3 Å². The quantitative estimate of drug-likeness (QED) is 0.820. The summed E-state index contributed by atoms with van der Waals surface area (Å²) in [5.41, 5.74) is 1.57. The van der Waals surface area contributed by atoms with Crippen LogP contribution in [0.25, 0.3) is 0 Å². The number of hydrogen-bond donors (Lipinski definition) is 2. The van der Waals surface area contributed by atoms with Gasteiger partial charge < -0.3 is 10.4 Å². The molecule has 1 unspecified atom stereocenters. The standard InChI is InChI=1S/C19H16N2O5S/c1-11-7-8-12(18(24)25)9-14(11)20-16(22)10-15-17(23)21(19(26)27-15)13-5-3-2-4-6-13/h2-9,15H,10H2,1H3,(H,20,22)(H,24,25). The van der Waals surface area contributed by atoms with E-state index >= 15 is 0 Å². The van der Waals surface area contributed by atoms with Crippen LogP contribution in [0, 0.1) is 6.92 Å². The molecule has 0 radical (unpaired) electrons. The highest BCUT2D eigenvalue weighted by Crippen LogP contribution is 2.33. The highest BCUT2D eigenvalue weighted by Gasteiger charge is 2.41. The first-order valence-electron chi connectivity index (χ1n) is 8.10. The van der Waals surface area contributed by atoms with Crippen LogP contribution < -0.4 is 10.2 Å². The topological polar surface area (TPSA) is 104 Å². The average molecular weight is 384 g/mol. The maximum absolute atomic E-state index is 12.5. The minimum atomic E-state index is -1.10. The van der Waals surface area contributed by atoms with Crippen LogP contribution in [0.3, 0.4) is 0 Å². The third-order valence-electron chi connectivity index (χ3n) is 4.07. The molecule has 2 aromatic rings. The van der Waals surface area contributed by atoms with Gasteiger partial charge in [0.1, 0.15) is 5.25 Å². The van der Waals surface area contributed by atoms with Crippen molar-refractivity contribution in [2.75, 3.05) is 10.2 Å². The molecule has 1 fully saturated rings. The molecule has 2 N–H and O–H groups in total. The lowest BCUT2D eigenvalue weighted by atomic mass is 10.1. The summed E-state index contributed by atoms with van der Waals surface area (Å²) in [6, 6.07) is 12.9. The number of para-hydroxylation sites is 1. The highest BCUT2D eigenvalue weighted by molar-refractivity contribution is 8.15. The number of aryl methyl sites for hydroxylation is 1. The van der Waals surface area contributed by atoms with E-state index in [1.807, 2.05) is 0 Å². The second-order valence-corrected chi connectivity index (χ2v) is 7.12. The van der Waals surface area contributed by atoms with Crippen LogP contribution in [0.5, 0.6) is 0 Å². The molecular formula is C19H16N2O5S. The van der Waals surface area contributed by atoms with Crippen molar-refractivity contribution in [3.05, 3.63) is 59.7 Å². The predicted octanol–water partition coefficient (Wildman–Crippen LogP) is 3.29. The number of amides is 3. The fourth-order valence-corrected chi connectivity index (χ4v) is 3.64. The van der Waals surface area contributed by atoms with Crippen LogP contribution >= 0.6 is 11.8 Å². The van der Waals surface area contributed by atoms with Crippen LogP contribution in [-0.4, -0.2) is 33.4 Å². The lowest BCUT2D eigenvalue weighted by Crippen LogP contribution is -2.32. The summed E-state index contributed by atoms with van der Waals surface area (Å²) in [4.78, 5) is 49.2. The molecule has 1 saturated heterocycles. The number of hydrogen-bond acceptors (Lipinski definition) is 5. The van der Waals surface area contributed by atoms with Crippen molar-refractivity contribution in [2.45, 2.75) is 18.6 Å². The van der Waals surface area contributed by atoms with Gasteiger partial charge >= 0.3 is 5.97 Å². The Kier molecular flexibility index (Phi) is 5.27.